The molecule has 0 radical (unpaired) electrons. The summed E-state index contributed by atoms with van der Waals surface area (Å²) in [7, 11) is 0. The van der Waals surface area contributed by atoms with E-state index in [2.05, 4.69) is 34.1 Å². The predicted molar refractivity (Wildman–Crippen MR) is 83.2 cm³/mol. The summed E-state index contributed by atoms with van der Waals surface area (Å²) in [5.41, 5.74) is 1.16. The van der Waals surface area contributed by atoms with Gasteiger partial charge in [-0.2, -0.15) is 4.98 Å². The Morgan fingerprint density at radius 1 is 1.32 bits per heavy atom. The van der Waals surface area contributed by atoms with Gasteiger partial charge < -0.3 is 9.63 Å². The van der Waals surface area contributed by atoms with E-state index in [9.17, 15) is 5.11 Å². The van der Waals surface area contributed by atoms with Crippen LogP contribution in [0, 0.1) is 5.92 Å². The molecule has 2 atom stereocenters. The molecule has 2 unspecified atom stereocenters. The Kier molecular flexibility index (Phi) is 4.85. The lowest BCUT2D eigenvalue weighted by molar-refractivity contribution is 0.0449. The molecule has 1 aliphatic rings. The van der Waals surface area contributed by atoms with Crippen LogP contribution in [0.2, 0.25) is 0 Å². The van der Waals surface area contributed by atoms with Crippen LogP contribution in [0.3, 0.4) is 0 Å². The zero-order valence-corrected chi connectivity index (χ0v) is 13.0. The van der Waals surface area contributed by atoms with E-state index >= 15 is 0 Å². The van der Waals surface area contributed by atoms with Crippen molar-refractivity contribution in [3.63, 3.8) is 0 Å². The molecule has 1 aromatic heterocycles. The van der Waals surface area contributed by atoms with Gasteiger partial charge in [-0.05, 0) is 30.9 Å². The molecule has 1 saturated heterocycles. The monoisotopic (exact) mass is 301 g/mol. The zero-order chi connectivity index (χ0) is 15.4. The van der Waals surface area contributed by atoms with Gasteiger partial charge in [-0.1, -0.05) is 42.4 Å². The Morgan fingerprint density at radius 3 is 2.91 bits per heavy atom. The summed E-state index contributed by atoms with van der Waals surface area (Å²) in [5, 5.41) is 13.7. The highest BCUT2D eigenvalue weighted by Crippen LogP contribution is 2.24. The molecule has 2 heterocycles. The van der Waals surface area contributed by atoms with Crippen LogP contribution in [-0.4, -0.2) is 39.3 Å². The van der Waals surface area contributed by atoms with Crippen LogP contribution in [0.15, 0.2) is 34.9 Å². The second-order valence-corrected chi connectivity index (χ2v) is 6.11. The van der Waals surface area contributed by atoms with E-state index in [-0.39, 0.29) is 12.6 Å². The molecule has 22 heavy (non-hydrogen) atoms. The zero-order valence-electron chi connectivity index (χ0n) is 13.0. The molecule has 0 saturated carbocycles. The number of piperidine rings is 1. The Bertz CT molecular complexity index is 585. The molecule has 1 aliphatic heterocycles. The van der Waals surface area contributed by atoms with Crippen molar-refractivity contribution in [3.8, 4) is 0 Å². The van der Waals surface area contributed by atoms with Crippen LogP contribution in [0.25, 0.3) is 0 Å². The van der Waals surface area contributed by atoms with Crippen molar-refractivity contribution >= 4 is 0 Å². The van der Waals surface area contributed by atoms with Crippen LogP contribution >= 0.6 is 0 Å². The van der Waals surface area contributed by atoms with E-state index in [1.54, 1.807) is 0 Å². The van der Waals surface area contributed by atoms with E-state index in [4.69, 9.17) is 4.52 Å². The number of benzene rings is 1. The normalized spacial score (nSPS) is 22.8. The Labute approximate surface area is 131 Å². The van der Waals surface area contributed by atoms with E-state index in [1.807, 2.05) is 18.2 Å². The number of aliphatic hydroxyl groups excluding tert-OH is 1. The Morgan fingerprint density at radius 2 is 2.14 bits per heavy atom. The van der Waals surface area contributed by atoms with Crippen molar-refractivity contribution in [2.75, 3.05) is 13.2 Å². The average Bonchev–Trinajstić information content (AvgIpc) is 2.96. The average molecular weight is 301 g/mol. The molecule has 0 bridgehead atoms. The second-order valence-electron chi connectivity index (χ2n) is 6.11. The van der Waals surface area contributed by atoms with E-state index < -0.39 is 0 Å². The molecule has 0 spiro atoms. The number of hydrogen-bond donors (Lipinski definition) is 1. The van der Waals surface area contributed by atoms with Crippen molar-refractivity contribution in [1.29, 1.82) is 0 Å². The minimum Gasteiger partial charge on any atom is -0.395 e. The molecule has 2 aromatic rings. The molecule has 5 nitrogen and oxygen atoms in total. The topological polar surface area (TPSA) is 62.4 Å². The van der Waals surface area contributed by atoms with Crippen molar-refractivity contribution < 1.29 is 9.63 Å². The van der Waals surface area contributed by atoms with Gasteiger partial charge in [0.15, 0.2) is 5.82 Å². The summed E-state index contributed by atoms with van der Waals surface area (Å²) >= 11 is 0. The largest absolute Gasteiger partial charge is 0.395 e. The molecule has 0 aliphatic carbocycles. The molecule has 1 N–H and O–H groups in total. The second kappa shape index (κ2) is 7.03. The van der Waals surface area contributed by atoms with E-state index in [0.717, 1.165) is 18.5 Å². The number of aromatic nitrogens is 2. The Hall–Kier alpha value is -1.72. The number of aliphatic hydroxyl groups is 1. The molecule has 1 fully saturated rings. The van der Waals surface area contributed by atoms with Gasteiger partial charge in [0.1, 0.15) is 0 Å². The fourth-order valence-corrected chi connectivity index (χ4v) is 3.20. The summed E-state index contributed by atoms with van der Waals surface area (Å²) in [6.45, 7) is 4.02. The smallest absolute Gasteiger partial charge is 0.231 e. The van der Waals surface area contributed by atoms with Crippen LogP contribution < -0.4 is 0 Å². The number of likely N-dealkylation sites (tertiary alicyclic amines) is 1. The first-order chi connectivity index (χ1) is 10.8. The predicted octanol–water partition coefficient (Wildman–Crippen LogP) is 2.25. The van der Waals surface area contributed by atoms with Crippen LogP contribution in [0.4, 0.5) is 0 Å². The summed E-state index contributed by atoms with van der Waals surface area (Å²) in [6.07, 6.45) is 2.99. The van der Waals surface area contributed by atoms with E-state index in [1.165, 1.54) is 6.42 Å². The van der Waals surface area contributed by atoms with Gasteiger partial charge in [0.2, 0.25) is 5.89 Å². The quantitative estimate of drug-likeness (QED) is 0.918. The minimum atomic E-state index is 0.190. The highest BCUT2D eigenvalue weighted by molar-refractivity contribution is 5.17. The van der Waals surface area contributed by atoms with Crippen LogP contribution in [-0.2, 0) is 13.0 Å². The minimum absolute atomic E-state index is 0.190. The third-order valence-corrected chi connectivity index (χ3v) is 4.47. The summed E-state index contributed by atoms with van der Waals surface area (Å²) in [4.78, 5) is 6.76. The molecule has 0 amide bonds. The van der Waals surface area contributed by atoms with Gasteiger partial charge in [0, 0.05) is 6.04 Å². The summed E-state index contributed by atoms with van der Waals surface area (Å²) in [6, 6.07) is 10.3. The highest BCUT2D eigenvalue weighted by Gasteiger charge is 2.28. The molecule has 5 heteroatoms. The van der Waals surface area contributed by atoms with Gasteiger partial charge in [-0.25, -0.2) is 0 Å². The van der Waals surface area contributed by atoms with E-state index in [0.29, 0.717) is 30.6 Å². The molecule has 1 aromatic carbocycles. The van der Waals surface area contributed by atoms with Gasteiger partial charge in [-0.3, -0.25) is 4.90 Å². The molecular weight excluding hydrogens is 278 g/mol. The lowest BCUT2D eigenvalue weighted by Crippen LogP contribution is -2.46. The number of hydrogen-bond acceptors (Lipinski definition) is 5. The fourth-order valence-electron chi connectivity index (χ4n) is 3.20. The molecule has 118 valence electrons. The van der Waals surface area contributed by atoms with Crippen molar-refractivity contribution in [2.24, 2.45) is 5.92 Å². The summed E-state index contributed by atoms with van der Waals surface area (Å²) < 4.78 is 5.36. The third kappa shape index (κ3) is 3.54. The van der Waals surface area contributed by atoms with Gasteiger partial charge in [0.25, 0.3) is 0 Å². The van der Waals surface area contributed by atoms with Crippen molar-refractivity contribution in [2.45, 2.75) is 38.8 Å². The van der Waals surface area contributed by atoms with Gasteiger partial charge in [-0.15, -0.1) is 0 Å². The van der Waals surface area contributed by atoms with Crippen molar-refractivity contribution in [1.82, 2.24) is 15.0 Å². The first-order valence-corrected chi connectivity index (χ1v) is 7.96. The van der Waals surface area contributed by atoms with Gasteiger partial charge in [0.05, 0.1) is 19.6 Å². The van der Waals surface area contributed by atoms with Crippen LogP contribution in [0.5, 0.6) is 0 Å². The number of rotatable bonds is 5. The SMILES string of the molecule is CC1CCCN(Cc2noc(Cc3ccccc3)n2)C1CO. The lowest BCUT2D eigenvalue weighted by Gasteiger charge is -2.38. The standard InChI is InChI=1S/C17H23N3O2/c1-13-6-5-9-20(15(13)12-21)11-16-18-17(22-19-16)10-14-7-3-2-4-8-14/h2-4,7-8,13,15,21H,5-6,9-12H2,1H3. The maximum atomic E-state index is 9.60. The first-order valence-electron chi connectivity index (χ1n) is 7.96. The van der Waals surface area contributed by atoms with Crippen LogP contribution in [0.1, 0.15) is 37.0 Å². The maximum Gasteiger partial charge on any atom is 0.231 e. The molecular formula is C17H23N3O2. The van der Waals surface area contributed by atoms with Crippen molar-refractivity contribution in [3.05, 3.63) is 47.6 Å². The number of nitrogens with zero attached hydrogens (tertiary/aromatic N) is 3. The summed E-state index contributed by atoms with van der Waals surface area (Å²) in [5.74, 6) is 1.86. The van der Waals surface area contributed by atoms with Gasteiger partial charge >= 0.3 is 0 Å². The molecule has 3 rings (SSSR count). The maximum absolute atomic E-state index is 9.60. The third-order valence-electron chi connectivity index (χ3n) is 4.47. The lowest BCUT2D eigenvalue weighted by atomic mass is 9.91. The first kappa shape index (κ1) is 15.2. The highest BCUT2D eigenvalue weighted by atomic mass is 16.5. The fraction of sp³-hybridized carbons (Fsp3) is 0.529. The Balaban J connectivity index is 1.64.